The lowest BCUT2D eigenvalue weighted by molar-refractivity contribution is 0.661. The van der Waals surface area contributed by atoms with Crippen molar-refractivity contribution in [1.82, 2.24) is 9.13 Å². The van der Waals surface area contributed by atoms with Gasteiger partial charge in [-0.2, -0.15) is 0 Å². The van der Waals surface area contributed by atoms with Gasteiger partial charge in [-0.05, 0) is 82.4 Å². The second-order valence-electron chi connectivity index (χ2n) is 13.7. The topological polar surface area (TPSA) is 14.2 Å². The molecule has 7 aromatic carbocycles. The molecule has 49 heavy (non-hydrogen) atoms. The van der Waals surface area contributed by atoms with Crippen molar-refractivity contribution < 1.29 is 0 Å². The number of rotatable bonds is 3. The van der Waals surface area contributed by atoms with Crippen molar-refractivity contribution in [1.29, 1.82) is 0 Å². The van der Waals surface area contributed by atoms with E-state index in [9.17, 15) is 0 Å². The van der Waals surface area contributed by atoms with Crippen LogP contribution < -0.4 is 0 Å². The number of hydrogen-bond donors (Lipinski definition) is 0. The third-order valence-electron chi connectivity index (χ3n) is 10.7. The summed E-state index contributed by atoms with van der Waals surface area (Å²) in [5.74, 6) is 0. The molecule has 0 bridgehead atoms. The third-order valence-corrected chi connectivity index (χ3v) is 10.7. The lowest BCUT2D eigenvalue weighted by Crippen LogP contribution is -2.14. The lowest BCUT2D eigenvalue weighted by Gasteiger charge is -2.21. The zero-order valence-corrected chi connectivity index (χ0v) is 27.3. The molecular weight excluding hydrogens is 595 g/mol. The minimum absolute atomic E-state index is 0.0787. The molecule has 2 heterocycles. The average Bonchev–Trinajstić information content (AvgIpc) is 3.74. The molecule has 0 amide bonds. The molecule has 0 aliphatic heterocycles. The Kier molecular flexibility index (Phi) is 5.69. The summed E-state index contributed by atoms with van der Waals surface area (Å²) in [7, 11) is 0. The highest BCUT2D eigenvalue weighted by Crippen LogP contribution is 2.51. The minimum Gasteiger partial charge on any atom is -0.310 e. The highest BCUT2D eigenvalue weighted by atomic mass is 15.0. The van der Waals surface area contributed by atoms with Gasteiger partial charge in [-0.1, -0.05) is 111 Å². The van der Waals surface area contributed by atoms with Gasteiger partial charge >= 0.3 is 0 Å². The molecule has 230 valence electrons. The van der Waals surface area contributed by atoms with Crippen molar-refractivity contribution in [2.75, 3.05) is 0 Å². The molecule has 0 unspecified atom stereocenters. The molecule has 3 heteroatoms. The molecule has 1 aliphatic rings. The van der Waals surface area contributed by atoms with Crippen molar-refractivity contribution in [3.05, 3.63) is 174 Å². The normalized spacial score (nSPS) is 13.2. The van der Waals surface area contributed by atoms with Crippen LogP contribution in [0, 0.1) is 6.57 Å². The van der Waals surface area contributed by atoms with Crippen molar-refractivity contribution in [2.24, 2.45) is 0 Å². The quantitative estimate of drug-likeness (QED) is 0.174. The SMILES string of the molecule is [C-]#[N+]c1cc(-c2ccccc2-n2c3ccccc3c3cc4c(cc32)-c2ccccc2C4(C)C)cc(-n2c3ccccc3c3ccccc32)c1. The highest BCUT2D eigenvalue weighted by molar-refractivity contribution is 6.12. The fraction of sp³-hybridized carbons (Fsp3) is 0.0652. The van der Waals surface area contributed by atoms with E-state index in [1.165, 1.54) is 54.8 Å². The number of nitrogens with zero attached hydrogens (tertiary/aromatic N) is 3. The maximum Gasteiger partial charge on any atom is 0.189 e. The van der Waals surface area contributed by atoms with E-state index in [4.69, 9.17) is 6.57 Å². The maximum absolute atomic E-state index is 8.13. The van der Waals surface area contributed by atoms with E-state index in [0.29, 0.717) is 5.69 Å². The second kappa shape index (κ2) is 10.1. The maximum atomic E-state index is 8.13. The molecule has 3 nitrogen and oxygen atoms in total. The van der Waals surface area contributed by atoms with Gasteiger partial charge in [0.25, 0.3) is 0 Å². The zero-order chi connectivity index (χ0) is 32.9. The van der Waals surface area contributed by atoms with E-state index in [2.05, 4.69) is 167 Å². The molecule has 0 spiro atoms. The van der Waals surface area contributed by atoms with Gasteiger partial charge in [0.05, 0.1) is 34.3 Å². The summed E-state index contributed by atoms with van der Waals surface area (Å²) in [5.41, 5.74) is 14.7. The number of benzene rings is 7. The van der Waals surface area contributed by atoms with Crippen molar-refractivity contribution >= 4 is 49.3 Å². The highest BCUT2D eigenvalue weighted by Gasteiger charge is 2.36. The van der Waals surface area contributed by atoms with Crippen molar-refractivity contribution in [2.45, 2.75) is 19.3 Å². The largest absolute Gasteiger partial charge is 0.310 e. The van der Waals surface area contributed by atoms with Crippen LogP contribution >= 0.6 is 0 Å². The van der Waals surface area contributed by atoms with Crippen molar-refractivity contribution in [3.8, 4) is 33.6 Å². The molecule has 0 saturated carbocycles. The smallest absolute Gasteiger partial charge is 0.189 e. The van der Waals surface area contributed by atoms with Gasteiger partial charge < -0.3 is 9.13 Å². The Hall–Kier alpha value is -6.37. The van der Waals surface area contributed by atoms with Crippen LogP contribution in [-0.4, -0.2) is 9.13 Å². The first kappa shape index (κ1) is 27.7. The van der Waals surface area contributed by atoms with Gasteiger partial charge in [-0.25, -0.2) is 4.85 Å². The summed E-state index contributed by atoms with van der Waals surface area (Å²) in [5, 5.41) is 4.90. The number of hydrogen-bond acceptors (Lipinski definition) is 0. The first-order valence-electron chi connectivity index (χ1n) is 16.8. The standard InChI is InChI=1S/C46H31N3/c1-46(2)39-19-9-4-15-33(39)37-28-45-38(27-40(37)46)36-18-8-13-23-44(36)49(45)41-20-10-5-14-32(41)29-24-30(47-3)26-31(25-29)48-42-21-11-6-16-34(42)35-17-7-12-22-43(35)48/h4-28H,1-2H3. The first-order chi connectivity index (χ1) is 24.0. The fourth-order valence-electron chi connectivity index (χ4n) is 8.48. The number of para-hydroxylation sites is 4. The van der Waals surface area contributed by atoms with E-state index in [1.54, 1.807) is 0 Å². The van der Waals surface area contributed by atoms with Gasteiger partial charge in [-0.3, -0.25) is 0 Å². The Morgan fingerprint density at radius 2 is 1.04 bits per heavy atom. The Morgan fingerprint density at radius 3 is 1.73 bits per heavy atom. The van der Waals surface area contributed by atoms with Crippen LogP contribution in [0.15, 0.2) is 152 Å². The fourth-order valence-corrected chi connectivity index (χ4v) is 8.48. The average molecular weight is 626 g/mol. The Morgan fingerprint density at radius 1 is 0.469 bits per heavy atom. The van der Waals surface area contributed by atoms with Crippen molar-refractivity contribution in [3.63, 3.8) is 0 Å². The molecular formula is C46H31N3. The monoisotopic (exact) mass is 625 g/mol. The van der Waals surface area contributed by atoms with Crippen LogP contribution in [0.4, 0.5) is 5.69 Å². The van der Waals surface area contributed by atoms with Gasteiger partial charge in [0, 0.05) is 38.2 Å². The molecule has 0 atom stereocenters. The van der Waals surface area contributed by atoms with Gasteiger partial charge in [0.15, 0.2) is 5.69 Å². The van der Waals surface area contributed by atoms with Crippen LogP contribution in [0.5, 0.6) is 0 Å². The summed E-state index contributed by atoms with van der Waals surface area (Å²) in [6, 6.07) is 54.5. The summed E-state index contributed by atoms with van der Waals surface area (Å²) >= 11 is 0. The Labute approximate surface area is 284 Å². The molecule has 2 aromatic heterocycles. The second-order valence-corrected chi connectivity index (χ2v) is 13.7. The summed E-state index contributed by atoms with van der Waals surface area (Å²) in [6.45, 7) is 12.8. The van der Waals surface area contributed by atoms with Crippen LogP contribution in [0.3, 0.4) is 0 Å². The predicted octanol–water partition coefficient (Wildman–Crippen LogP) is 12.4. The van der Waals surface area contributed by atoms with E-state index in [1.807, 2.05) is 12.1 Å². The van der Waals surface area contributed by atoms with Gasteiger partial charge in [-0.15, -0.1) is 0 Å². The predicted molar refractivity (Wildman–Crippen MR) is 204 cm³/mol. The van der Waals surface area contributed by atoms with Crippen LogP contribution in [0.1, 0.15) is 25.0 Å². The molecule has 10 rings (SSSR count). The zero-order valence-electron chi connectivity index (χ0n) is 27.3. The molecule has 0 N–H and O–H groups in total. The minimum atomic E-state index is -0.0787. The third kappa shape index (κ3) is 3.83. The van der Waals surface area contributed by atoms with E-state index < -0.39 is 0 Å². The van der Waals surface area contributed by atoms with Gasteiger partial charge in [0.2, 0.25) is 0 Å². The Bertz CT molecular complexity index is 2820. The van der Waals surface area contributed by atoms with E-state index in [0.717, 1.165) is 33.5 Å². The van der Waals surface area contributed by atoms with Gasteiger partial charge in [0.1, 0.15) is 0 Å². The lowest BCUT2D eigenvalue weighted by atomic mass is 9.82. The van der Waals surface area contributed by atoms with Crippen LogP contribution in [0.2, 0.25) is 0 Å². The summed E-state index contributed by atoms with van der Waals surface area (Å²) in [6.07, 6.45) is 0. The number of aromatic nitrogens is 2. The number of fused-ring (bicyclic) bond motifs is 9. The molecule has 0 saturated heterocycles. The van der Waals surface area contributed by atoms with E-state index >= 15 is 0 Å². The van der Waals surface area contributed by atoms with Crippen LogP contribution in [-0.2, 0) is 5.41 Å². The molecule has 0 radical (unpaired) electrons. The molecule has 9 aromatic rings. The van der Waals surface area contributed by atoms with E-state index in [-0.39, 0.29) is 5.41 Å². The first-order valence-corrected chi connectivity index (χ1v) is 16.8. The van der Waals surface area contributed by atoms with Crippen LogP contribution in [0.25, 0.3) is 82.1 Å². The summed E-state index contributed by atoms with van der Waals surface area (Å²) in [4.78, 5) is 3.98. The Balaban J connectivity index is 1.25. The molecule has 0 fully saturated rings. The summed E-state index contributed by atoms with van der Waals surface area (Å²) < 4.78 is 4.73. The molecule has 1 aliphatic carbocycles.